The molecule has 4 aromatic carbocycles. The molecule has 1 aliphatic rings. The Morgan fingerprint density at radius 3 is 1.69 bits per heavy atom. The summed E-state index contributed by atoms with van der Waals surface area (Å²) in [5, 5.41) is 2.46. The van der Waals surface area contributed by atoms with Crippen molar-refractivity contribution < 1.29 is 32.7 Å². The summed E-state index contributed by atoms with van der Waals surface area (Å²) in [5.74, 6) is 2.01. The minimum Gasteiger partial charge on any atom is -0.368 e. The first kappa shape index (κ1) is 43.0. The van der Waals surface area contributed by atoms with E-state index in [0.29, 0.717) is 6.04 Å². The number of imidazole rings is 2. The molecular formula is C42H58N5Y. The summed E-state index contributed by atoms with van der Waals surface area (Å²) in [7, 11) is 2.19. The molecular weight excluding hydrogens is 663 g/mol. The van der Waals surface area contributed by atoms with Crippen molar-refractivity contribution in [2.75, 3.05) is 13.6 Å². The summed E-state index contributed by atoms with van der Waals surface area (Å²) >= 11 is 0. The van der Waals surface area contributed by atoms with Crippen LogP contribution in [0.15, 0.2) is 72.8 Å². The van der Waals surface area contributed by atoms with E-state index in [9.17, 15) is 0 Å². The van der Waals surface area contributed by atoms with E-state index in [0.717, 1.165) is 53.1 Å². The number of hydrogen-bond acceptors (Lipinski definition) is 3. The predicted molar refractivity (Wildman–Crippen MR) is 209 cm³/mol. The third kappa shape index (κ3) is 10.0. The Bertz CT molecular complexity index is 1780. The minimum absolute atomic E-state index is 0. The van der Waals surface area contributed by atoms with Crippen LogP contribution < -0.4 is 0 Å². The normalized spacial score (nSPS) is 13.3. The number of unbranched alkanes of at least 4 members (excludes halogenated alkanes) is 1. The summed E-state index contributed by atoms with van der Waals surface area (Å²) in [6.45, 7) is 21.0. The first-order valence-corrected chi connectivity index (χ1v) is 17.5. The number of likely N-dealkylation sites (tertiary alicyclic amines) is 1. The maximum Gasteiger partial charge on any atom is 3.00 e. The van der Waals surface area contributed by atoms with Crippen molar-refractivity contribution in [2.24, 2.45) is 0 Å². The van der Waals surface area contributed by atoms with Crippen LogP contribution in [0.3, 0.4) is 0 Å². The first-order valence-electron chi connectivity index (χ1n) is 17.5. The molecule has 0 saturated carbocycles. The van der Waals surface area contributed by atoms with Crippen molar-refractivity contribution in [2.45, 2.75) is 87.1 Å². The molecule has 6 aromatic rings. The van der Waals surface area contributed by atoms with Gasteiger partial charge in [-0.3, -0.25) is 9.88 Å². The predicted octanol–water partition coefficient (Wildman–Crippen LogP) is 12.4. The fraction of sp³-hybridized carbons (Fsp3) is 0.357. The fourth-order valence-corrected chi connectivity index (χ4v) is 5.77. The van der Waals surface area contributed by atoms with Gasteiger partial charge in [-0.1, -0.05) is 91.8 Å². The molecule has 2 N–H and O–H groups in total. The second-order valence-corrected chi connectivity index (χ2v) is 10.5. The zero-order chi connectivity index (χ0) is 33.6. The van der Waals surface area contributed by atoms with Gasteiger partial charge >= 0.3 is 32.7 Å². The minimum atomic E-state index is 0. The number of benzene rings is 4. The summed E-state index contributed by atoms with van der Waals surface area (Å²) in [4.78, 5) is 19.0. The standard InChI is InChI=1S/C33H31N5.4C2H6.CH3.Y/c1-3-4-7-32-34-27-14-12-25(19-29(27)35-32)23-10-8-22-18-24(11-9-21(22)17-23)26-13-15-28-30(20-26)37-33(36-28)31-6-5-16-38(31)2;4*1-2;;/h7-15,17-20,31H,1,3-6,16H2,2H3,(H,34,35)(H,36,37);4*1-2H3;1H3;/q-2;;;;;-1;+3. The van der Waals surface area contributed by atoms with Crippen molar-refractivity contribution in [3.05, 3.63) is 105 Å². The molecule has 1 fully saturated rings. The summed E-state index contributed by atoms with van der Waals surface area (Å²) in [5.41, 5.74) is 9.00. The molecule has 1 atom stereocenters. The third-order valence-electron chi connectivity index (χ3n) is 7.89. The van der Waals surface area contributed by atoms with Gasteiger partial charge in [0.15, 0.2) is 0 Å². The monoisotopic (exact) mass is 721 g/mol. The van der Waals surface area contributed by atoms with Crippen LogP contribution in [0.2, 0.25) is 0 Å². The Morgan fingerprint density at radius 1 is 0.708 bits per heavy atom. The van der Waals surface area contributed by atoms with Crippen molar-refractivity contribution >= 4 is 32.8 Å². The quantitative estimate of drug-likeness (QED) is 0.168. The molecule has 0 aliphatic carbocycles. The van der Waals surface area contributed by atoms with E-state index in [1.54, 1.807) is 0 Å². The number of H-pyrrole nitrogens is 2. The Morgan fingerprint density at radius 2 is 1.19 bits per heavy atom. The van der Waals surface area contributed by atoms with Gasteiger partial charge in [0, 0.05) is 0 Å². The van der Waals surface area contributed by atoms with Gasteiger partial charge in [0.1, 0.15) is 5.82 Å². The van der Waals surface area contributed by atoms with Crippen molar-refractivity contribution in [3.63, 3.8) is 0 Å². The molecule has 254 valence electrons. The van der Waals surface area contributed by atoms with E-state index in [2.05, 4.69) is 113 Å². The van der Waals surface area contributed by atoms with Crippen molar-refractivity contribution in [1.82, 2.24) is 24.8 Å². The Labute approximate surface area is 316 Å². The molecule has 0 spiro atoms. The Balaban J connectivity index is 0.00000108. The Hall–Kier alpha value is -2.99. The van der Waals surface area contributed by atoms with Crippen LogP contribution in [-0.4, -0.2) is 38.4 Å². The van der Waals surface area contributed by atoms with Gasteiger partial charge in [0.25, 0.3) is 0 Å². The van der Waals surface area contributed by atoms with Gasteiger partial charge in [-0.05, 0) is 102 Å². The average Bonchev–Trinajstić information content (AvgIpc) is 3.87. The van der Waals surface area contributed by atoms with Crippen molar-refractivity contribution in [3.8, 4) is 22.3 Å². The fourth-order valence-electron chi connectivity index (χ4n) is 5.77. The first-order chi connectivity index (χ1) is 22.6. The summed E-state index contributed by atoms with van der Waals surface area (Å²) in [6.07, 6.45) is 6.31. The van der Waals surface area contributed by atoms with Crippen LogP contribution in [0.5, 0.6) is 0 Å². The molecule has 0 amide bonds. The summed E-state index contributed by atoms with van der Waals surface area (Å²) < 4.78 is 0. The summed E-state index contributed by atoms with van der Waals surface area (Å²) in [6, 6.07) is 26.8. The van der Waals surface area contributed by atoms with Crippen LogP contribution in [0.4, 0.5) is 0 Å². The molecule has 1 saturated heterocycles. The van der Waals surface area contributed by atoms with Gasteiger partial charge < -0.3 is 30.7 Å². The Kier molecular flexibility index (Phi) is 19.6. The third-order valence-corrected chi connectivity index (χ3v) is 7.89. The zero-order valence-electron chi connectivity index (χ0n) is 31.2. The number of aromatic amines is 2. The molecule has 7 rings (SSSR count). The second-order valence-electron chi connectivity index (χ2n) is 10.5. The van der Waals surface area contributed by atoms with Crippen LogP contribution in [0, 0.1) is 20.8 Å². The number of nitrogens with one attached hydrogen (secondary N) is 2. The van der Waals surface area contributed by atoms with E-state index >= 15 is 0 Å². The van der Waals surface area contributed by atoms with E-state index in [4.69, 9.17) is 4.98 Å². The molecule has 6 heteroatoms. The van der Waals surface area contributed by atoms with E-state index < -0.39 is 0 Å². The van der Waals surface area contributed by atoms with Gasteiger partial charge in [0.2, 0.25) is 0 Å². The molecule has 5 nitrogen and oxygen atoms in total. The number of fused-ring (bicyclic) bond motifs is 3. The van der Waals surface area contributed by atoms with Gasteiger partial charge in [-0.15, -0.1) is 0 Å². The molecule has 48 heavy (non-hydrogen) atoms. The van der Waals surface area contributed by atoms with E-state index in [1.807, 2.05) is 55.4 Å². The van der Waals surface area contributed by atoms with Gasteiger partial charge in [0.05, 0.1) is 28.1 Å². The molecule has 0 bridgehead atoms. The van der Waals surface area contributed by atoms with Gasteiger partial charge in [-0.25, -0.2) is 11.4 Å². The average molecular weight is 722 g/mol. The number of hydrogen-bond donors (Lipinski definition) is 2. The van der Waals surface area contributed by atoms with Crippen molar-refractivity contribution in [1.29, 1.82) is 0 Å². The maximum absolute atomic E-state index is 4.89. The van der Waals surface area contributed by atoms with E-state index in [-0.39, 0.29) is 40.1 Å². The van der Waals surface area contributed by atoms with Crippen LogP contribution in [-0.2, 0) is 32.7 Å². The van der Waals surface area contributed by atoms with Crippen LogP contribution in [0.25, 0.3) is 55.1 Å². The van der Waals surface area contributed by atoms with E-state index in [1.165, 1.54) is 45.9 Å². The molecule has 0 radical (unpaired) electrons. The number of aromatic nitrogens is 4. The number of rotatable bonds is 6. The SMILES string of the molecule is CC.CC.CC.CC.[CH2-]CC[CH-]c1nc2ccc(-c3ccc4cc(-c5ccc6nc(C7CCCN7C)[nH]c6c5)ccc4c3)cc2[nH]1.[CH3-].[Y+3]. The van der Waals surface area contributed by atoms with Gasteiger partial charge in [-0.2, -0.15) is 6.42 Å². The zero-order valence-corrected chi connectivity index (χ0v) is 34.1. The van der Waals surface area contributed by atoms with Crippen LogP contribution in [0.1, 0.15) is 98.8 Å². The largest absolute Gasteiger partial charge is 3.00 e. The molecule has 2 aromatic heterocycles. The second kappa shape index (κ2) is 21.9. The molecule has 1 aliphatic heterocycles. The smallest absolute Gasteiger partial charge is 0.368 e. The molecule has 1 unspecified atom stereocenters. The topological polar surface area (TPSA) is 60.6 Å². The maximum atomic E-state index is 4.89. The number of nitrogens with zero attached hydrogens (tertiary/aromatic N) is 3. The van der Waals surface area contributed by atoms with Crippen LogP contribution >= 0.6 is 0 Å². The molecule has 3 heterocycles.